The van der Waals surface area contributed by atoms with Crippen molar-refractivity contribution in [3.63, 3.8) is 0 Å². The molecule has 6 heteroatoms. The summed E-state index contributed by atoms with van der Waals surface area (Å²) in [6, 6.07) is 10.9. The number of pyridine rings is 1. The van der Waals surface area contributed by atoms with Crippen LogP contribution in [-0.2, 0) is 6.54 Å². The Morgan fingerprint density at radius 1 is 1.05 bits per heavy atom. The van der Waals surface area contributed by atoms with E-state index in [0.717, 1.165) is 11.3 Å². The average molecular weight is 279 g/mol. The summed E-state index contributed by atoms with van der Waals surface area (Å²) in [6.07, 6.45) is 6.42. The van der Waals surface area contributed by atoms with Crippen LogP contribution in [0.25, 0.3) is 0 Å². The number of carbonyl (C=O) groups excluding carboxylic acids is 1. The smallest absolute Gasteiger partial charge is 0.255 e. The maximum Gasteiger partial charge on any atom is 0.255 e. The summed E-state index contributed by atoms with van der Waals surface area (Å²) in [7, 11) is 0. The number of benzene rings is 1. The van der Waals surface area contributed by atoms with E-state index in [9.17, 15) is 4.79 Å². The van der Waals surface area contributed by atoms with Crippen molar-refractivity contribution in [2.75, 3.05) is 5.32 Å². The fourth-order valence-electron chi connectivity index (χ4n) is 1.90. The van der Waals surface area contributed by atoms with E-state index in [1.165, 1.54) is 6.33 Å². The van der Waals surface area contributed by atoms with Gasteiger partial charge in [-0.05, 0) is 29.8 Å². The SMILES string of the molecule is O=C(Nc1ccncc1)c1ccc(Cn2cncn2)cc1. The zero-order chi connectivity index (χ0) is 14.5. The predicted octanol–water partition coefficient (Wildman–Crippen LogP) is 1.97. The molecule has 0 bridgehead atoms. The molecule has 0 spiro atoms. The van der Waals surface area contributed by atoms with E-state index >= 15 is 0 Å². The topological polar surface area (TPSA) is 72.7 Å². The number of carbonyl (C=O) groups is 1. The van der Waals surface area contributed by atoms with Crippen LogP contribution in [0.4, 0.5) is 5.69 Å². The first-order valence-corrected chi connectivity index (χ1v) is 6.44. The summed E-state index contributed by atoms with van der Waals surface area (Å²) in [4.78, 5) is 19.9. The van der Waals surface area contributed by atoms with Crippen LogP contribution in [0.5, 0.6) is 0 Å². The van der Waals surface area contributed by atoms with Gasteiger partial charge in [0.05, 0.1) is 6.54 Å². The molecule has 6 nitrogen and oxygen atoms in total. The fraction of sp³-hybridized carbons (Fsp3) is 0.0667. The minimum Gasteiger partial charge on any atom is -0.322 e. The molecule has 0 saturated carbocycles. The number of anilines is 1. The zero-order valence-corrected chi connectivity index (χ0v) is 11.2. The van der Waals surface area contributed by atoms with Crippen molar-refractivity contribution in [2.45, 2.75) is 6.54 Å². The van der Waals surface area contributed by atoms with Crippen LogP contribution in [-0.4, -0.2) is 25.7 Å². The molecule has 2 aromatic heterocycles. The summed E-state index contributed by atoms with van der Waals surface area (Å²) in [5.74, 6) is -0.145. The molecule has 0 aliphatic rings. The van der Waals surface area contributed by atoms with E-state index in [2.05, 4.69) is 20.4 Å². The molecule has 2 heterocycles. The second-order valence-corrected chi connectivity index (χ2v) is 4.48. The maximum absolute atomic E-state index is 12.1. The van der Waals surface area contributed by atoms with E-state index in [1.54, 1.807) is 47.7 Å². The maximum atomic E-state index is 12.1. The van der Waals surface area contributed by atoms with Gasteiger partial charge in [0.1, 0.15) is 12.7 Å². The van der Waals surface area contributed by atoms with Crippen molar-refractivity contribution in [3.05, 3.63) is 72.6 Å². The molecule has 0 fully saturated rings. The third kappa shape index (κ3) is 3.30. The number of rotatable bonds is 4. The average Bonchev–Trinajstić information content (AvgIpc) is 3.02. The normalized spacial score (nSPS) is 10.3. The van der Waals surface area contributed by atoms with E-state index in [4.69, 9.17) is 0 Å². The molecule has 0 aliphatic carbocycles. The van der Waals surface area contributed by atoms with Crippen molar-refractivity contribution < 1.29 is 4.79 Å². The number of hydrogen-bond donors (Lipinski definition) is 1. The molecule has 1 amide bonds. The van der Waals surface area contributed by atoms with Gasteiger partial charge in [0.25, 0.3) is 5.91 Å². The lowest BCUT2D eigenvalue weighted by molar-refractivity contribution is 0.102. The number of nitrogens with one attached hydrogen (secondary N) is 1. The van der Waals surface area contributed by atoms with E-state index < -0.39 is 0 Å². The van der Waals surface area contributed by atoms with Crippen LogP contribution in [0.3, 0.4) is 0 Å². The Morgan fingerprint density at radius 3 is 2.48 bits per heavy atom. The molecule has 0 aliphatic heterocycles. The van der Waals surface area contributed by atoms with Crippen LogP contribution in [0.1, 0.15) is 15.9 Å². The number of hydrogen-bond acceptors (Lipinski definition) is 4. The standard InChI is InChI=1S/C15H13N5O/c21-15(19-14-5-7-16-8-6-14)13-3-1-12(2-4-13)9-20-11-17-10-18-20/h1-8,10-11H,9H2,(H,16,19,21). The van der Waals surface area contributed by atoms with Crippen LogP contribution in [0.15, 0.2) is 61.4 Å². The second-order valence-electron chi connectivity index (χ2n) is 4.48. The highest BCUT2D eigenvalue weighted by Crippen LogP contribution is 2.10. The first kappa shape index (κ1) is 13.0. The molecule has 0 saturated heterocycles. The van der Waals surface area contributed by atoms with Crippen molar-refractivity contribution in [1.29, 1.82) is 0 Å². The fourth-order valence-corrected chi connectivity index (χ4v) is 1.90. The van der Waals surface area contributed by atoms with Crippen LogP contribution in [0, 0.1) is 0 Å². The highest BCUT2D eigenvalue weighted by Gasteiger charge is 2.06. The summed E-state index contributed by atoms with van der Waals surface area (Å²) in [6.45, 7) is 0.631. The van der Waals surface area contributed by atoms with E-state index in [0.29, 0.717) is 12.1 Å². The Labute approximate surface area is 121 Å². The third-order valence-corrected chi connectivity index (χ3v) is 2.97. The van der Waals surface area contributed by atoms with Gasteiger partial charge in [0, 0.05) is 23.6 Å². The minimum absolute atomic E-state index is 0.145. The van der Waals surface area contributed by atoms with Gasteiger partial charge in [-0.1, -0.05) is 12.1 Å². The summed E-state index contributed by atoms with van der Waals surface area (Å²) in [5, 5.41) is 6.86. The van der Waals surface area contributed by atoms with E-state index in [-0.39, 0.29) is 5.91 Å². The predicted molar refractivity (Wildman–Crippen MR) is 77.8 cm³/mol. The molecular formula is C15H13N5O. The van der Waals surface area contributed by atoms with Gasteiger partial charge in [-0.2, -0.15) is 5.10 Å². The van der Waals surface area contributed by atoms with Crippen LogP contribution >= 0.6 is 0 Å². The first-order chi connectivity index (χ1) is 10.3. The van der Waals surface area contributed by atoms with Gasteiger partial charge >= 0.3 is 0 Å². The monoisotopic (exact) mass is 279 g/mol. The van der Waals surface area contributed by atoms with Gasteiger partial charge in [-0.3, -0.25) is 9.78 Å². The molecular weight excluding hydrogens is 266 g/mol. The Hall–Kier alpha value is -3.02. The molecule has 3 rings (SSSR count). The highest BCUT2D eigenvalue weighted by atomic mass is 16.1. The van der Waals surface area contributed by atoms with Crippen LogP contribution < -0.4 is 5.32 Å². The lowest BCUT2D eigenvalue weighted by Gasteiger charge is -2.06. The van der Waals surface area contributed by atoms with Gasteiger partial charge < -0.3 is 5.32 Å². The number of aromatic nitrogens is 4. The molecule has 0 atom stereocenters. The molecule has 0 radical (unpaired) electrons. The molecule has 1 N–H and O–H groups in total. The summed E-state index contributed by atoms with van der Waals surface area (Å²) in [5.41, 5.74) is 2.39. The number of nitrogens with zero attached hydrogens (tertiary/aromatic N) is 4. The highest BCUT2D eigenvalue weighted by molar-refractivity contribution is 6.04. The van der Waals surface area contributed by atoms with Crippen molar-refractivity contribution in [3.8, 4) is 0 Å². The molecule has 104 valence electrons. The zero-order valence-electron chi connectivity index (χ0n) is 11.2. The molecule has 0 unspecified atom stereocenters. The lowest BCUT2D eigenvalue weighted by Crippen LogP contribution is -2.12. The Morgan fingerprint density at radius 2 is 1.81 bits per heavy atom. The Bertz CT molecular complexity index is 708. The number of amides is 1. The van der Waals surface area contributed by atoms with Gasteiger partial charge in [0.15, 0.2) is 0 Å². The van der Waals surface area contributed by atoms with Gasteiger partial charge in [-0.25, -0.2) is 9.67 Å². The molecule has 1 aromatic carbocycles. The Balaban J connectivity index is 1.67. The Kier molecular flexibility index (Phi) is 3.68. The largest absolute Gasteiger partial charge is 0.322 e. The van der Waals surface area contributed by atoms with Crippen molar-refractivity contribution in [2.24, 2.45) is 0 Å². The molecule has 21 heavy (non-hydrogen) atoms. The van der Waals surface area contributed by atoms with Gasteiger partial charge in [0.2, 0.25) is 0 Å². The van der Waals surface area contributed by atoms with Crippen LogP contribution in [0.2, 0.25) is 0 Å². The minimum atomic E-state index is -0.145. The quantitative estimate of drug-likeness (QED) is 0.792. The summed E-state index contributed by atoms with van der Waals surface area (Å²) >= 11 is 0. The first-order valence-electron chi connectivity index (χ1n) is 6.44. The van der Waals surface area contributed by atoms with Gasteiger partial charge in [-0.15, -0.1) is 0 Å². The van der Waals surface area contributed by atoms with E-state index in [1.807, 2.05) is 12.1 Å². The molecule has 3 aromatic rings. The second kappa shape index (κ2) is 5.96. The van der Waals surface area contributed by atoms with Crippen molar-refractivity contribution >= 4 is 11.6 Å². The summed E-state index contributed by atoms with van der Waals surface area (Å²) < 4.78 is 1.73. The third-order valence-electron chi connectivity index (χ3n) is 2.97. The van der Waals surface area contributed by atoms with Crippen molar-refractivity contribution in [1.82, 2.24) is 19.7 Å². The lowest BCUT2D eigenvalue weighted by atomic mass is 10.1.